The molecule has 0 aliphatic rings. The van der Waals surface area contributed by atoms with Crippen molar-refractivity contribution >= 4 is 38.2 Å². The molecule has 2 aromatic carbocycles. The topological polar surface area (TPSA) is 110 Å². The van der Waals surface area contributed by atoms with E-state index >= 15 is 4.39 Å². The molecule has 10 nitrogen and oxygen atoms in total. The fourth-order valence-electron chi connectivity index (χ4n) is 5.54. The number of nitrogens with one attached hydrogen (secondary N) is 2. The molecule has 248 valence electrons. The number of likely N-dealkylation sites (N-methyl/N-ethyl adjacent to an activating group) is 1. The number of aromatic nitrogens is 5. The first kappa shape index (κ1) is 32.9. The van der Waals surface area contributed by atoms with Crippen LogP contribution in [0, 0.1) is 11.6 Å². The van der Waals surface area contributed by atoms with E-state index < -0.39 is 17.7 Å². The number of methoxy groups -OCH3 is 1. The number of halogens is 2. The summed E-state index contributed by atoms with van der Waals surface area (Å²) in [6.45, 7) is 7.21. The first-order valence-electron chi connectivity index (χ1n) is 15.3. The molecule has 0 unspecified atom stereocenters. The van der Waals surface area contributed by atoms with Crippen LogP contribution in [0.1, 0.15) is 18.7 Å². The minimum atomic E-state index is -0.804. The van der Waals surface area contributed by atoms with Crippen LogP contribution in [0.15, 0.2) is 66.7 Å². The molecule has 0 aliphatic heterocycles. The van der Waals surface area contributed by atoms with E-state index in [9.17, 15) is 9.18 Å². The number of hydrogen-bond donors (Lipinski definition) is 2. The van der Waals surface area contributed by atoms with Gasteiger partial charge in [-0.1, -0.05) is 12.6 Å². The second-order valence-electron chi connectivity index (χ2n) is 11.5. The maximum absolute atomic E-state index is 16.0. The first-order valence-corrected chi connectivity index (χ1v) is 16.2. The SMILES string of the molecule is C=CC(=O)N[C@H](C)c1cc(-c2nc(-c3ccc4c(cnn4CCN(C)C)c3)c3ccsc3c2-c2c(F)cc(F)cc2OCCOC)n[nH]1. The quantitative estimate of drug-likeness (QED) is 0.105. The lowest BCUT2D eigenvalue weighted by atomic mass is 9.96. The summed E-state index contributed by atoms with van der Waals surface area (Å²) < 4.78 is 44.3. The average molecular weight is 672 g/mol. The molecule has 4 heterocycles. The molecule has 0 aliphatic carbocycles. The Morgan fingerprint density at radius 2 is 1.98 bits per heavy atom. The number of benzene rings is 2. The van der Waals surface area contributed by atoms with Crippen LogP contribution in [-0.4, -0.2) is 76.7 Å². The van der Waals surface area contributed by atoms with Gasteiger partial charge in [0, 0.05) is 52.4 Å². The molecule has 2 N–H and O–H groups in total. The highest BCUT2D eigenvalue weighted by atomic mass is 32.1. The van der Waals surface area contributed by atoms with E-state index in [0.717, 1.165) is 51.8 Å². The molecular formula is C35H35F2N7O3S. The summed E-state index contributed by atoms with van der Waals surface area (Å²) >= 11 is 1.41. The number of rotatable bonds is 13. The molecule has 0 fully saturated rings. The molecule has 13 heteroatoms. The van der Waals surface area contributed by atoms with Gasteiger partial charge in [-0.05, 0) is 56.7 Å². The summed E-state index contributed by atoms with van der Waals surface area (Å²) in [5.41, 5.74) is 4.32. The Kier molecular flexibility index (Phi) is 9.62. The number of nitrogens with zero attached hydrogens (tertiary/aromatic N) is 5. The number of carbonyl (C=O) groups excluding carboxylic acids is 1. The number of pyridine rings is 1. The number of carbonyl (C=O) groups is 1. The lowest BCUT2D eigenvalue weighted by Crippen LogP contribution is -2.24. The smallest absolute Gasteiger partial charge is 0.243 e. The van der Waals surface area contributed by atoms with Crippen molar-refractivity contribution < 1.29 is 23.0 Å². The van der Waals surface area contributed by atoms with E-state index in [1.165, 1.54) is 24.5 Å². The molecule has 0 saturated heterocycles. The van der Waals surface area contributed by atoms with Crippen LogP contribution in [0.4, 0.5) is 8.78 Å². The van der Waals surface area contributed by atoms with Gasteiger partial charge in [0.05, 0.1) is 47.9 Å². The van der Waals surface area contributed by atoms with Crippen LogP contribution in [0.5, 0.6) is 5.75 Å². The van der Waals surface area contributed by atoms with Crippen molar-refractivity contribution in [2.24, 2.45) is 0 Å². The van der Waals surface area contributed by atoms with Gasteiger partial charge in [-0.2, -0.15) is 10.2 Å². The largest absolute Gasteiger partial charge is 0.490 e. The maximum atomic E-state index is 16.0. The number of amides is 1. The van der Waals surface area contributed by atoms with E-state index in [2.05, 4.69) is 32.1 Å². The van der Waals surface area contributed by atoms with Gasteiger partial charge in [-0.15, -0.1) is 11.3 Å². The molecule has 48 heavy (non-hydrogen) atoms. The summed E-state index contributed by atoms with van der Waals surface area (Å²) in [6, 6.07) is 11.3. The zero-order chi connectivity index (χ0) is 33.9. The van der Waals surface area contributed by atoms with E-state index in [1.807, 2.05) is 54.6 Å². The second kappa shape index (κ2) is 14.0. The van der Waals surface area contributed by atoms with Crippen molar-refractivity contribution in [3.63, 3.8) is 0 Å². The normalized spacial score (nSPS) is 12.2. The van der Waals surface area contributed by atoms with Gasteiger partial charge in [0.15, 0.2) is 0 Å². The Morgan fingerprint density at radius 3 is 2.75 bits per heavy atom. The molecule has 0 spiro atoms. The highest BCUT2D eigenvalue weighted by molar-refractivity contribution is 7.18. The molecule has 1 amide bonds. The van der Waals surface area contributed by atoms with E-state index in [-0.39, 0.29) is 30.4 Å². The molecule has 0 bridgehead atoms. The summed E-state index contributed by atoms with van der Waals surface area (Å²) in [5.74, 6) is -1.90. The van der Waals surface area contributed by atoms with Crippen LogP contribution in [0.25, 0.3) is 54.8 Å². The number of fused-ring (bicyclic) bond motifs is 2. The van der Waals surface area contributed by atoms with Crippen molar-refractivity contribution in [1.29, 1.82) is 0 Å². The molecule has 4 aromatic heterocycles. The van der Waals surface area contributed by atoms with Crippen LogP contribution in [0.3, 0.4) is 0 Å². The number of ether oxygens (including phenoxy) is 2. The summed E-state index contributed by atoms with van der Waals surface area (Å²) in [7, 11) is 5.57. The lowest BCUT2D eigenvalue weighted by molar-refractivity contribution is -0.117. The summed E-state index contributed by atoms with van der Waals surface area (Å²) in [6.07, 6.45) is 3.03. The molecule has 0 radical (unpaired) electrons. The third-order valence-electron chi connectivity index (χ3n) is 7.95. The van der Waals surface area contributed by atoms with Gasteiger partial charge in [0.2, 0.25) is 5.91 Å². The molecule has 1 atom stereocenters. The van der Waals surface area contributed by atoms with E-state index in [0.29, 0.717) is 28.3 Å². The number of H-pyrrole nitrogens is 1. The van der Waals surface area contributed by atoms with Crippen molar-refractivity contribution in [2.45, 2.75) is 19.5 Å². The lowest BCUT2D eigenvalue weighted by Gasteiger charge is -2.17. The molecule has 6 aromatic rings. The zero-order valence-electron chi connectivity index (χ0n) is 27.0. The van der Waals surface area contributed by atoms with Gasteiger partial charge in [-0.3, -0.25) is 14.6 Å². The van der Waals surface area contributed by atoms with Gasteiger partial charge in [-0.25, -0.2) is 13.8 Å². The number of hydrogen-bond acceptors (Lipinski definition) is 8. The van der Waals surface area contributed by atoms with Crippen LogP contribution >= 0.6 is 11.3 Å². The first-order chi connectivity index (χ1) is 23.2. The fraction of sp³-hybridized carbons (Fsp3) is 0.257. The Labute approximate surface area is 280 Å². The van der Waals surface area contributed by atoms with Crippen LogP contribution in [-0.2, 0) is 16.1 Å². The Morgan fingerprint density at radius 1 is 1.15 bits per heavy atom. The molecular weight excluding hydrogens is 636 g/mol. The predicted molar refractivity (Wildman–Crippen MR) is 184 cm³/mol. The monoisotopic (exact) mass is 671 g/mol. The Hall–Kier alpha value is -4.98. The van der Waals surface area contributed by atoms with Gasteiger partial charge in [0.1, 0.15) is 35.4 Å². The average Bonchev–Trinajstić information content (AvgIpc) is 3.83. The van der Waals surface area contributed by atoms with Gasteiger partial charge in [0.25, 0.3) is 0 Å². The summed E-state index contributed by atoms with van der Waals surface area (Å²) in [5, 5.41) is 18.6. The minimum Gasteiger partial charge on any atom is -0.490 e. The standard InChI is InChI=1S/C35H35F2N7O3S/c1-6-30(45)39-20(2)26-18-27(42-41-26)34-32(31-25(37)16-23(36)17-29(31)47-13-12-46-5)35-24(9-14-48-35)33(40-34)21-7-8-28-22(15-21)19-38-44(28)11-10-43(3)4/h6-9,14-20H,1,10-13H2,2-5H3,(H,39,45)(H,41,42)/t20-/m1/s1. The highest BCUT2D eigenvalue weighted by Crippen LogP contribution is 2.47. The molecule has 0 saturated carbocycles. The highest BCUT2D eigenvalue weighted by Gasteiger charge is 2.27. The third kappa shape index (κ3) is 6.57. The van der Waals surface area contributed by atoms with Crippen molar-refractivity contribution in [1.82, 2.24) is 35.2 Å². The Bertz CT molecular complexity index is 2120. The van der Waals surface area contributed by atoms with Crippen molar-refractivity contribution in [3.8, 4) is 39.5 Å². The predicted octanol–water partition coefficient (Wildman–Crippen LogP) is 6.60. The van der Waals surface area contributed by atoms with Crippen molar-refractivity contribution in [2.75, 3.05) is 41.0 Å². The van der Waals surface area contributed by atoms with Crippen LogP contribution in [0.2, 0.25) is 0 Å². The minimum absolute atomic E-state index is 0.0176. The van der Waals surface area contributed by atoms with Gasteiger partial charge >= 0.3 is 0 Å². The van der Waals surface area contributed by atoms with Gasteiger partial charge < -0.3 is 19.7 Å². The number of aromatic amines is 1. The third-order valence-corrected chi connectivity index (χ3v) is 8.88. The van der Waals surface area contributed by atoms with E-state index in [1.54, 1.807) is 13.0 Å². The molecule has 6 rings (SSSR count). The van der Waals surface area contributed by atoms with E-state index in [4.69, 9.17) is 14.5 Å². The fourth-order valence-corrected chi connectivity index (χ4v) is 6.49. The maximum Gasteiger partial charge on any atom is 0.243 e. The Balaban J connectivity index is 1.57. The number of thiophene rings is 1. The summed E-state index contributed by atoms with van der Waals surface area (Å²) in [4.78, 5) is 19.3. The zero-order valence-corrected chi connectivity index (χ0v) is 27.8. The van der Waals surface area contributed by atoms with Crippen LogP contribution < -0.4 is 10.1 Å². The van der Waals surface area contributed by atoms with Crippen molar-refractivity contribution in [3.05, 3.63) is 84.0 Å². The second-order valence-corrected chi connectivity index (χ2v) is 12.5.